The van der Waals surface area contributed by atoms with Crippen LogP contribution in [0.5, 0.6) is 5.75 Å². The average Bonchev–Trinajstić information content (AvgIpc) is 3.14. The number of para-hydroxylation sites is 3. The molecule has 1 fully saturated rings. The Labute approximate surface area is 136 Å². The van der Waals surface area contributed by atoms with Gasteiger partial charge in [0.2, 0.25) is 5.75 Å². The van der Waals surface area contributed by atoms with Gasteiger partial charge in [-0.05, 0) is 31.0 Å². The first kappa shape index (κ1) is 14.5. The van der Waals surface area contributed by atoms with Crippen LogP contribution in [-0.2, 0) is 0 Å². The molecule has 7 nitrogen and oxygen atoms in total. The largest absolute Gasteiger partial charge is 0.805 e. The number of hydrogen-bond acceptors (Lipinski definition) is 4. The summed E-state index contributed by atoms with van der Waals surface area (Å²) < 4.78 is 6.74. The maximum absolute atomic E-state index is 12.7. The lowest BCUT2D eigenvalue weighted by Gasteiger charge is -2.16. The second-order valence-electron chi connectivity index (χ2n) is 5.76. The van der Waals surface area contributed by atoms with E-state index in [4.69, 9.17) is 4.74 Å². The zero-order valence-corrected chi connectivity index (χ0v) is 12.8. The van der Waals surface area contributed by atoms with E-state index >= 15 is 0 Å². The van der Waals surface area contributed by atoms with Crippen LogP contribution in [-0.4, -0.2) is 28.8 Å². The first-order valence-electron chi connectivity index (χ1n) is 7.80. The number of amides is 1. The minimum Gasteiger partial charge on any atom is -0.805 e. The van der Waals surface area contributed by atoms with E-state index in [0.29, 0.717) is 22.2 Å². The molecule has 1 aliphatic rings. The molecule has 2 aromatic carbocycles. The van der Waals surface area contributed by atoms with Crippen molar-refractivity contribution in [3.8, 4) is 5.75 Å². The number of aromatic nitrogens is 2. The molecule has 0 atom stereocenters. The molecule has 2 heterocycles. The van der Waals surface area contributed by atoms with Gasteiger partial charge in [0, 0.05) is 24.1 Å². The maximum Gasteiger partial charge on any atom is 0.415 e. The highest BCUT2D eigenvalue weighted by atomic mass is 16.6. The molecule has 1 aromatic heterocycles. The number of rotatable bonds is 1. The number of carbonyl (C=O) groups is 1. The summed E-state index contributed by atoms with van der Waals surface area (Å²) in [6.07, 6.45) is 1.39. The normalized spacial score (nSPS) is 14.4. The lowest BCUT2D eigenvalue weighted by atomic mass is 10.2. The molecule has 1 saturated heterocycles. The van der Waals surface area contributed by atoms with Crippen LogP contribution in [0.2, 0.25) is 0 Å². The molecule has 0 spiro atoms. The quantitative estimate of drug-likeness (QED) is 0.509. The topological polar surface area (TPSA) is 80.5 Å². The predicted octanol–water partition coefficient (Wildman–Crippen LogP) is 2.65. The molecule has 24 heavy (non-hydrogen) atoms. The standard InChI is InChI=1S/C17H15N3O4/c21-17(18-10-3-4-11-18)24-15-9-5-8-14-16(15)20(23)13-7-2-1-6-12(13)19(14)22/h1-2,5-9H,3-4,10-11H2. The van der Waals surface area contributed by atoms with Crippen molar-refractivity contribution in [2.75, 3.05) is 13.1 Å². The van der Waals surface area contributed by atoms with E-state index in [9.17, 15) is 14.9 Å². The van der Waals surface area contributed by atoms with Crippen molar-refractivity contribution < 1.29 is 14.0 Å². The minimum atomic E-state index is -0.495. The van der Waals surface area contributed by atoms with Crippen LogP contribution >= 0.6 is 0 Å². The summed E-state index contributed by atoms with van der Waals surface area (Å²) in [7, 11) is 0. The fraction of sp³-hybridized carbons (Fsp3) is 0.235. The number of benzene rings is 2. The lowest BCUT2D eigenvalue weighted by molar-refractivity contribution is -0.433. The van der Waals surface area contributed by atoms with Crippen LogP contribution in [0.3, 0.4) is 0 Å². The number of hydrogen-bond donors (Lipinski definition) is 0. The van der Waals surface area contributed by atoms with E-state index in [-0.39, 0.29) is 27.8 Å². The molecule has 0 unspecified atom stereocenters. The summed E-state index contributed by atoms with van der Waals surface area (Å²) in [5.41, 5.74) is 0.710. The van der Waals surface area contributed by atoms with Gasteiger partial charge in [0.15, 0.2) is 0 Å². The van der Waals surface area contributed by atoms with E-state index in [2.05, 4.69) is 0 Å². The van der Waals surface area contributed by atoms with Crippen molar-refractivity contribution in [3.63, 3.8) is 0 Å². The third kappa shape index (κ3) is 2.17. The molecule has 0 bridgehead atoms. The van der Waals surface area contributed by atoms with Gasteiger partial charge in [-0.2, -0.15) is 0 Å². The van der Waals surface area contributed by atoms with E-state index in [0.717, 1.165) is 12.8 Å². The second-order valence-corrected chi connectivity index (χ2v) is 5.76. The van der Waals surface area contributed by atoms with Gasteiger partial charge in [-0.15, -0.1) is 0 Å². The summed E-state index contributed by atoms with van der Waals surface area (Å²) in [4.78, 5) is 26.5. The number of ether oxygens (including phenoxy) is 1. The fourth-order valence-electron chi connectivity index (χ4n) is 3.08. The Balaban J connectivity index is 1.90. The summed E-state index contributed by atoms with van der Waals surface area (Å²) in [6, 6.07) is 11.2. The van der Waals surface area contributed by atoms with Crippen LogP contribution < -0.4 is 9.16 Å². The van der Waals surface area contributed by atoms with Crippen LogP contribution in [0, 0.1) is 10.1 Å². The minimum absolute atomic E-state index is 0.0544. The van der Waals surface area contributed by atoms with Crippen LogP contribution in [0.4, 0.5) is 4.79 Å². The molecular formula is C17H15N3O4. The third-order valence-electron chi connectivity index (χ3n) is 4.28. The first-order valence-corrected chi connectivity index (χ1v) is 7.80. The van der Waals surface area contributed by atoms with Crippen LogP contribution in [0.15, 0.2) is 42.5 Å². The monoisotopic (exact) mass is 325 g/mol. The van der Waals surface area contributed by atoms with Gasteiger partial charge in [0.1, 0.15) is 11.0 Å². The van der Waals surface area contributed by atoms with Crippen molar-refractivity contribution in [1.82, 2.24) is 9.63 Å². The smallest absolute Gasteiger partial charge is 0.415 e. The molecule has 0 N–H and O–H groups in total. The Kier molecular flexibility index (Phi) is 3.34. The SMILES string of the molecule is O=C(Oc1cccc2c1[n+](=O)c1ccccc1n2[O-])N1CCCC1. The van der Waals surface area contributed by atoms with Gasteiger partial charge in [-0.3, -0.25) is 0 Å². The second kappa shape index (κ2) is 5.52. The molecule has 3 aromatic rings. The van der Waals surface area contributed by atoms with Crippen LogP contribution in [0.1, 0.15) is 12.8 Å². The first-order chi connectivity index (χ1) is 11.7. The molecule has 4 rings (SSSR count). The summed E-state index contributed by atoms with van der Waals surface area (Å²) in [5.74, 6) is 0.0924. The Hall–Kier alpha value is -3.09. The van der Waals surface area contributed by atoms with Gasteiger partial charge in [-0.25, -0.2) is 4.79 Å². The van der Waals surface area contributed by atoms with Crippen molar-refractivity contribution in [2.45, 2.75) is 12.8 Å². The molecule has 1 amide bonds. The molecule has 122 valence electrons. The van der Waals surface area contributed by atoms with Crippen LogP contribution in [0.25, 0.3) is 22.1 Å². The highest BCUT2D eigenvalue weighted by Gasteiger charge is 2.25. The third-order valence-corrected chi connectivity index (χ3v) is 4.28. The molecular weight excluding hydrogens is 310 g/mol. The molecule has 0 saturated carbocycles. The fourth-order valence-corrected chi connectivity index (χ4v) is 3.08. The molecule has 1 aliphatic heterocycles. The summed E-state index contributed by atoms with van der Waals surface area (Å²) in [5, 5.41) is 12.5. The van der Waals surface area contributed by atoms with Gasteiger partial charge in [0.05, 0.1) is 4.43 Å². The van der Waals surface area contributed by atoms with Crippen molar-refractivity contribution in [2.24, 2.45) is 0 Å². The van der Waals surface area contributed by atoms with Gasteiger partial charge in [0.25, 0.3) is 5.52 Å². The van der Waals surface area contributed by atoms with E-state index < -0.39 is 6.09 Å². The van der Waals surface area contributed by atoms with Gasteiger partial charge >= 0.3 is 11.6 Å². The Morgan fingerprint density at radius 3 is 2.54 bits per heavy atom. The molecule has 0 aliphatic carbocycles. The Morgan fingerprint density at radius 2 is 1.75 bits per heavy atom. The van der Waals surface area contributed by atoms with E-state index in [1.54, 1.807) is 35.2 Å². The van der Waals surface area contributed by atoms with Gasteiger partial charge in [-0.1, -0.05) is 18.2 Å². The zero-order valence-electron chi connectivity index (χ0n) is 12.8. The number of likely N-dealkylation sites (tertiary alicyclic amines) is 1. The summed E-state index contributed by atoms with van der Waals surface area (Å²) >= 11 is 0. The number of nitrogens with zero attached hydrogens (tertiary/aromatic N) is 3. The number of fused-ring (bicyclic) bond motifs is 2. The van der Waals surface area contributed by atoms with E-state index in [1.165, 1.54) is 12.1 Å². The zero-order chi connectivity index (χ0) is 16.7. The predicted molar refractivity (Wildman–Crippen MR) is 88.4 cm³/mol. The average molecular weight is 325 g/mol. The van der Waals surface area contributed by atoms with E-state index in [1.807, 2.05) is 0 Å². The van der Waals surface area contributed by atoms with Gasteiger partial charge < -0.3 is 19.6 Å². The number of carbonyl (C=O) groups excluding carboxylic acids is 1. The molecule has 7 heteroatoms. The van der Waals surface area contributed by atoms with Crippen molar-refractivity contribution in [1.29, 1.82) is 0 Å². The lowest BCUT2D eigenvalue weighted by Crippen LogP contribution is -2.31. The Morgan fingerprint density at radius 1 is 1.04 bits per heavy atom. The maximum atomic E-state index is 12.7. The summed E-state index contributed by atoms with van der Waals surface area (Å²) in [6.45, 7) is 1.29. The highest BCUT2D eigenvalue weighted by Crippen LogP contribution is 2.25. The Bertz CT molecular complexity index is 1010. The molecule has 0 radical (unpaired) electrons. The van der Waals surface area contributed by atoms with Crippen molar-refractivity contribution >= 4 is 28.2 Å². The highest BCUT2D eigenvalue weighted by molar-refractivity contribution is 5.88. The van der Waals surface area contributed by atoms with Crippen molar-refractivity contribution in [3.05, 3.63) is 52.6 Å².